The molecule has 0 spiro atoms. The lowest BCUT2D eigenvalue weighted by Gasteiger charge is -2.18. The molecule has 0 aliphatic rings. The highest BCUT2D eigenvalue weighted by Crippen LogP contribution is 2.30. The third-order valence-corrected chi connectivity index (χ3v) is 6.83. The Morgan fingerprint density at radius 1 is 1.09 bits per heavy atom. The number of carbonyl (C=O) groups excluding carboxylic acids is 2. The van der Waals surface area contributed by atoms with Crippen molar-refractivity contribution in [2.75, 3.05) is 0 Å². The molecule has 0 fully saturated rings. The number of rotatable bonds is 5. The van der Waals surface area contributed by atoms with Gasteiger partial charge in [0.1, 0.15) is 0 Å². The van der Waals surface area contributed by atoms with Crippen LogP contribution in [0.5, 0.6) is 0 Å². The summed E-state index contributed by atoms with van der Waals surface area (Å²) >= 11 is 1.17. The first-order chi connectivity index (χ1) is 15.7. The minimum Gasteiger partial charge on any atom is -0.351 e. The number of amides is 3. The molecular weight excluding hydrogens is 440 g/mol. The number of imide groups is 1. The molecule has 3 amide bonds. The predicted octanol–water partition coefficient (Wildman–Crippen LogP) is 2.96. The van der Waals surface area contributed by atoms with Crippen LogP contribution in [0.25, 0.3) is 22.4 Å². The Labute approximate surface area is 194 Å². The van der Waals surface area contributed by atoms with Gasteiger partial charge in [0.05, 0.1) is 21.8 Å². The highest BCUT2D eigenvalue weighted by molar-refractivity contribution is 8.00. The number of benzene rings is 2. The number of hydrogen-bond acceptors (Lipinski definition) is 6. The van der Waals surface area contributed by atoms with Crippen LogP contribution in [0.15, 0.2) is 52.4 Å². The van der Waals surface area contributed by atoms with Gasteiger partial charge < -0.3 is 5.73 Å². The second kappa shape index (κ2) is 8.70. The van der Waals surface area contributed by atoms with Crippen LogP contribution in [0, 0.1) is 19.8 Å². The normalized spacial score (nSPS) is 12.4. The van der Waals surface area contributed by atoms with E-state index in [2.05, 4.69) is 15.5 Å². The summed E-state index contributed by atoms with van der Waals surface area (Å²) in [4.78, 5) is 37.4. The van der Waals surface area contributed by atoms with Crippen molar-refractivity contribution in [3.8, 4) is 5.69 Å². The van der Waals surface area contributed by atoms with Crippen molar-refractivity contribution in [3.05, 3.63) is 63.9 Å². The lowest BCUT2D eigenvalue weighted by molar-refractivity contribution is -0.120. The summed E-state index contributed by atoms with van der Waals surface area (Å²) in [5.41, 5.74) is 8.20. The highest BCUT2D eigenvalue weighted by atomic mass is 32.2. The average molecular weight is 465 g/mol. The van der Waals surface area contributed by atoms with Crippen LogP contribution in [0.2, 0.25) is 0 Å². The van der Waals surface area contributed by atoms with E-state index in [0.29, 0.717) is 27.5 Å². The maximum absolute atomic E-state index is 13.5. The van der Waals surface area contributed by atoms with E-state index >= 15 is 0 Å². The van der Waals surface area contributed by atoms with Gasteiger partial charge in [0, 0.05) is 0 Å². The molecule has 0 saturated carbocycles. The first kappa shape index (κ1) is 22.5. The van der Waals surface area contributed by atoms with Gasteiger partial charge >= 0.3 is 6.03 Å². The van der Waals surface area contributed by atoms with E-state index in [1.54, 1.807) is 21.1 Å². The molecule has 10 heteroatoms. The van der Waals surface area contributed by atoms with Crippen molar-refractivity contribution in [1.29, 1.82) is 0 Å². The zero-order chi connectivity index (χ0) is 23.9. The van der Waals surface area contributed by atoms with Gasteiger partial charge in [-0.25, -0.2) is 9.36 Å². The zero-order valence-corrected chi connectivity index (χ0v) is 19.5. The van der Waals surface area contributed by atoms with Gasteiger partial charge in [-0.3, -0.25) is 19.3 Å². The zero-order valence-electron chi connectivity index (χ0n) is 18.7. The van der Waals surface area contributed by atoms with E-state index in [1.165, 1.54) is 11.8 Å². The van der Waals surface area contributed by atoms with Gasteiger partial charge in [-0.2, -0.15) is 0 Å². The Kier molecular flexibility index (Phi) is 5.94. The van der Waals surface area contributed by atoms with Gasteiger partial charge in [0.15, 0.2) is 5.16 Å². The van der Waals surface area contributed by atoms with Gasteiger partial charge in [-0.1, -0.05) is 49.9 Å². The summed E-state index contributed by atoms with van der Waals surface area (Å²) in [7, 11) is 0. The molecule has 2 aromatic heterocycles. The number of aryl methyl sites for hydroxylation is 2. The van der Waals surface area contributed by atoms with E-state index in [-0.39, 0.29) is 11.5 Å². The predicted molar refractivity (Wildman–Crippen MR) is 128 cm³/mol. The van der Waals surface area contributed by atoms with Crippen molar-refractivity contribution < 1.29 is 9.59 Å². The maximum Gasteiger partial charge on any atom is 0.318 e. The van der Waals surface area contributed by atoms with Crippen molar-refractivity contribution in [3.63, 3.8) is 0 Å². The number of nitrogens with one attached hydrogen (secondary N) is 1. The molecule has 0 bridgehead atoms. The van der Waals surface area contributed by atoms with Crippen LogP contribution in [0.4, 0.5) is 4.79 Å². The van der Waals surface area contributed by atoms with Crippen LogP contribution < -0.4 is 16.6 Å². The van der Waals surface area contributed by atoms with Crippen LogP contribution in [0.3, 0.4) is 0 Å². The van der Waals surface area contributed by atoms with E-state index in [1.807, 2.05) is 58.0 Å². The number of aromatic nitrogens is 4. The molecule has 3 N–H and O–H groups in total. The summed E-state index contributed by atoms with van der Waals surface area (Å²) in [5, 5.41) is 11.1. The number of carbonyl (C=O) groups is 2. The molecule has 2 heterocycles. The Morgan fingerprint density at radius 3 is 2.52 bits per heavy atom. The average Bonchev–Trinajstić information content (AvgIpc) is 3.17. The number of thioether (sulfide) groups is 1. The van der Waals surface area contributed by atoms with Gasteiger partial charge in [-0.15, -0.1) is 10.2 Å². The third kappa shape index (κ3) is 4.09. The first-order valence-electron chi connectivity index (χ1n) is 10.4. The van der Waals surface area contributed by atoms with Gasteiger partial charge in [0.25, 0.3) is 5.56 Å². The SMILES string of the molecule is Cc1ccc(C)c(-n2c(=O)c3ccccc3n3c(SC(C(=O)NC(N)=O)C(C)C)nnc23)c1. The molecule has 2 aromatic carbocycles. The Bertz CT molecular complexity index is 1460. The molecular formula is C23H24N6O3S. The molecule has 33 heavy (non-hydrogen) atoms. The van der Waals surface area contributed by atoms with Crippen molar-refractivity contribution in [2.24, 2.45) is 11.7 Å². The molecule has 170 valence electrons. The minimum atomic E-state index is -0.911. The Hall–Kier alpha value is -3.66. The lowest BCUT2D eigenvalue weighted by atomic mass is 10.1. The first-order valence-corrected chi connectivity index (χ1v) is 11.3. The fraction of sp³-hybridized carbons (Fsp3) is 0.261. The molecule has 4 rings (SSSR count). The van der Waals surface area contributed by atoms with E-state index in [4.69, 9.17) is 5.73 Å². The van der Waals surface area contributed by atoms with Crippen LogP contribution in [-0.2, 0) is 4.79 Å². The van der Waals surface area contributed by atoms with Crippen LogP contribution >= 0.6 is 11.8 Å². The van der Waals surface area contributed by atoms with E-state index in [9.17, 15) is 14.4 Å². The Balaban J connectivity index is 1.99. The largest absolute Gasteiger partial charge is 0.351 e. The number of primary amides is 1. The lowest BCUT2D eigenvalue weighted by Crippen LogP contribution is -2.42. The van der Waals surface area contributed by atoms with E-state index in [0.717, 1.165) is 11.1 Å². The molecule has 0 aliphatic carbocycles. The smallest absolute Gasteiger partial charge is 0.318 e. The number of fused-ring (bicyclic) bond motifs is 3. The summed E-state index contributed by atoms with van der Waals surface area (Å²) < 4.78 is 3.33. The standard InChI is InChI=1S/C23H24N6O3S/c1-12(2)18(19(30)25-21(24)32)33-23-27-26-22-28(17-11-13(3)9-10-14(17)4)20(31)15-7-5-6-8-16(15)29(22)23/h5-12,18H,1-4H3,(H3,24,25,30,32). The number of urea groups is 1. The van der Waals surface area contributed by atoms with Crippen LogP contribution in [0.1, 0.15) is 25.0 Å². The number of nitrogens with zero attached hydrogens (tertiary/aromatic N) is 4. The number of para-hydroxylation sites is 1. The van der Waals surface area contributed by atoms with Crippen molar-refractivity contribution in [1.82, 2.24) is 24.5 Å². The van der Waals surface area contributed by atoms with Crippen LogP contribution in [-0.4, -0.2) is 36.4 Å². The summed E-state index contributed by atoms with van der Waals surface area (Å²) in [5.74, 6) is -0.294. The van der Waals surface area contributed by atoms with Crippen molar-refractivity contribution in [2.45, 2.75) is 38.1 Å². The summed E-state index contributed by atoms with van der Waals surface area (Å²) in [6, 6.07) is 12.2. The van der Waals surface area contributed by atoms with Crippen molar-refractivity contribution >= 4 is 40.4 Å². The quantitative estimate of drug-likeness (QED) is 0.438. The highest BCUT2D eigenvalue weighted by Gasteiger charge is 2.28. The maximum atomic E-state index is 13.5. The minimum absolute atomic E-state index is 0.127. The molecule has 9 nitrogen and oxygen atoms in total. The third-order valence-electron chi connectivity index (χ3n) is 5.34. The number of hydrogen-bond donors (Lipinski definition) is 2. The number of nitrogens with two attached hydrogens (primary N) is 1. The summed E-state index contributed by atoms with van der Waals surface area (Å²) in [6.07, 6.45) is 0. The van der Waals surface area contributed by atoms with Gasteiger partial charge in [0.2, 0.25) is 11.7 Å². The summed E-state index contributed by atoms with van der Waals surface area (Å²) in [6.45, 7) is 7.63. The molecule has 1 atom stereocenters. The monoisotopic (exact) mass is 464 g/mol. The van der Waals surface area contributed by atoms with Gasteiger partial charge in [-0.05, 0) is 49.1 Å². The molecule has 0 aliphatic heterocycles. The molecule has 1 unspecified atom stereocenters. The second-order valence-electron chi connectivity index (χ2n) is 8.20. The molecule has 0 radical (unpaired) electrons. The fourth-order valence-corrected chi connectivity index (χ4v) is 4.77. The Morgan fingerprint density at radius 2 is 1.82 bits per heavy atom. The topological polar surface area (TPSA) is 124 Å². The second-order valence-corrected chi connectivity index (χ2v) is 9.31. The van der Waals surface area contributed by atoms with E-state index < -0.39 is 17.2 Å². The molecule has 4 aromatic rings. The fourth-order valence-electron chi connectivity index (χ4n) is 3.73. The molecule has 0 saturated heterocycles.